The molecule has 1 fully saturated rings. The maximum absolute atomic E-state index is 12.5. The minimum atomic E-state index is -0.446. The summed E-state index contributed by atoms with van der Waals surface area (Å²) in [6.07, 6.45) is -0.0952. The van der Waals surface area contributed by atoms with Crippen LogP contribution in [0.15, 0.2) is 18.2 Å². The fraction of sp³-hybridized carbons (Fsp3) is 0.500. The van der Waals surface area contributed by atoms with Gasteiger partial charge in [-0.05, 0) is 26.0 Å². The number of ether oxygens (including phenoxy) is 1. The summed E-state index contributed by atoms with van der Waals surface area (Å²) >= 11 is 3.37. The number of rotatable bonds is 2. The van der Waals surface area contributed by atoms with Crippen molar-refractivity contribution in [2.24, 2.45) is 0 Å². The van der Waals surface area contributed by atoms with Gasteiger partial charge in [0.15, 0.2) is 11.5 Å². The molecule has 1 heterocycles. The smallest absolute Gasteiger partial charge is 0.257 e. The van der Waals surface area contributed by atoms with Crippen molar-refractivity contribution in [3.8, 4) is 11.5 Å². The van der Waals surface area contributed by atoms with Crippen LogP contribution in [0.5, 0.6) is 11.5 Å². The molecular weight excluding hydrogens is 326 g/mol. The number of phenols is 2. The summed E-state index contributed by atoms with van der Waals surface area (Å²) in [6.45, 7) is 4.72. The van der Waals surface area contributed by atoms with E-state index in [4.69, 9.17) is 4.74 Å². The number of carbonyl (C=O) groups is 1. The van der Waals surface area contributed by atoms with Crippen LogP contribution in [0.3, 0.4) is 0 Å². The highest BCUT2D eigenvalue weighted by molar-refractivity contribution is 9.09. The van der Waals surface area contributed by atoms with Gasteiger partial charge in [-0.3, -0.25) is 4.79 Å². The number of hydrogen-bond acceptors (Lipinski definition) is 4. The van der Waals surface area contributed by atoms with Gasteiger partial charge in [0.2, 0.25) is 0 Å². The molecule has 0 bridgehead atoms. The van der Waals surface area contributed by atoms with E-state index in [1.165, 1.54) is 18.2 Å². The number of carbonyl (C=O) groups excluding carboxylic acids is 1. The van der Waals surface area contributed by atoms with Gasteiger partial charge in [0.1, 0.15) is 0 Å². The molecule has 0 radical (unpaired) electrons. The fourth-order valence-corrected chi connectivity index (χ4v) is 2.74. The Balaban J connectivity index is 2.26. The SMILES string of the molecule is CC1(C)CN(C(=O)c2cccc(O)c2O)CC(CBr)O1. The first-order chi connectivity index (χ1) is 9.34. The molecule has 2 N–H and O–H groups in total. The number of aromatic hydroxyl groups is 2. The highest BCUT2D eigenvalue weighted by Crippen LogP contribution is 2.31. The Bertz CT molecular complexity index is 518. The second-order valence-corrected chi connectivity index (χ2v) is 6.16. The Labute approximate surface area is 126 Å². The zero-order valence-corrected chi connectivity index (χ0v) is 13.1. The maximum atomic E-state index is 12.5. The summed E-state index contributed by atoms with van der Waals surface area (Å²) in [5, 5.41) is 19.9. The van der Waals surface area contributed by atoms with Gasteiger partial charge in [-0.15, -0.1) is 0 Å². The number of amides is 1. The summed E-state index contributed by atoms with van der Waals surface area (Å²) in [6, 6.07) is 4.38. The lowest BCUT2D eigenvalue weighted by Crippen LogP contribution is -2.55. The van der Waals surface area contributed by atoms with Gasteiger partial charge in [-0.1, -0.05) is 22.0 Å². The second kappa shape index (κ2) is 5.61. The van der Waals surface area contributed by atoms with Crippen molar-refractivity contribution in [3.05, 3.63) is 23.8 Å². The van der Waals surface area contributed by atoms with Crippen LogP contribution < -0.4 is 0 Å². The fourth-order valence-electron chi connectivity index (χ4n) is 2.40. The topological polar surface area (TPSA) is 70.0 Å². The Kier molecular flexibility index (Phi) is 4.25. The molecule has 1 aromatic carbocycles. The van der Waals surface area contributed by atoms with E-state index in [1.54, 1.807) is 4.90 Å². The predicted octanol–water partition coefficient (Wildman–Crippen LogP) is 2.11. The molecule has 1 aliphatic heterocycles. The molecule has 0 saturated carbocycles. The molecule has 1 unspecified atom stereocenters. The average molecular weight is 344 g/mol. The average Bonchev–Trinajstić information content (AvgIpc) is 2.39. The van der Waals surface area contributed by atoms with Gasteiger partial charge in [0, 0.05) is 18.4 Å². The molecule has 6 heteroatoms. The third kappa shape index (κ3) is 3.07. The van der Waals surface area contributed by atoms with Gasteiger partial charge in [0.25, 0.3) is 5.91 Å². The van der Waals surface area contributed by atoms with Crippen LogP contribution in [-0.2, 0) is 4.74 Å². The van der Waals surface area contributed by atoms with Crippen molar-refractivity contribution in [1.82, 2.24) is 4.90 Å². The number of benzene rings is 1. The van der Waals surface area contributed by atoms with Crippen LogP contribution in [0, 0.1) is 0 Å². The number of morpholine rings is 1. The van der Waals surface area contributed by atoms with Crippen LogP contribution in [0.2, 0.25) is 0 Å². The molecule has 0 aliphatic carbocycles. The van der Waals surface area contributed by atoms with Gasteiger partial charge >= 0.3 is 0 Å². The molecular formula is C14H18BrNO4. The predicted molar refractivity (Wildman–Crippen MR) is 78.4 cm³/mol. The Hall–Kier alpha value is -1.27. The summed E-state index contributed by atoms with van der Waals surface area (Å²) in [5.74, 6) is -0.974. The number of hydrogen-bond donors (Lipinski definition) is 2. The van der Waals surface area contributed by atoms with Crippen LogP contribution >= 0.6 is 15.9 Å². The molecule has 110 valence electrons. The lowest BCUT2D eigenvalue weighted by atomic mass is 10.0. The second-order valence-electron chi connectivity index (χ2n) is 5.51. The van der Waals surface area contributed by atoms with Gasteiger partial charge in [0.05, 0.1) is 17.3 Å². The number of nitrogens with zero attached hydrogens (tertiary/aromatic N) is 1. The lowest BCUT2D eigenvalue weighted by Gasteiger charge is -2.42. The molecule has 1 atom stereocenters. The van der Waals surface area contributed by atoms with Crippen LogP contribution in [-0.4, -0.2) is 51.1 Å². The first-order valence-corrected chi connectivity index (χ1v) is 7.50. The van der Waals surface area contributed by atoms with Crippen molar-refractivity contribution < 1.29 is 19.7 Å². The van der Waals surface area contributed by atoms with Crippen molar-refractivity contribution in [3.63, 3.8) is 0 Å². The number of alkyl halides is 1. The molecule has 1 saturated heterocycles. The third-order valence-electron chi connectivity index (χ3n) is 3.19. The zero-order chi connectivity index (χ0) is 14.9. The molecule has 0 spiro atoms. The molecule has 20 heavy (non-hydrogen) atoms. The Morgan fingerprint density at radius 1 is 1.50 bits per heavy atom. The van der Waals surface area contributed by atoms with E-state index < -0.39 is 5.60 Å². The van der Waals surface area contributed by atoms with Crippen molar-refractivity contribution in [2.75, 3.05) is 18.4 Å². The van der Waals surface area contributed by atoms with E-state index in [0.29, 0.717) is 18.4 Å². The van der Waals surface area contributed by atoms with Crippen molar-refractivity contribution in [1.29, 1.82) is 0 Å². The molecule has 0 aromatic heterocycles. The van der Waals surface area contributed by atoms with E-state index >= 15 is 0 Å². The molecule has 2 rings (SSSR count). The van der Waals surface area contributed by atoms with E-state index in [1.807, 2.05) is 13.8 Å². The van der Waals surface area contributed by atoms with Gasteiger partial charge in [-0.2, -0.15) is 0 Å². The van der Waals surface area contributed by atoms with E-state index in [0.717, 1.165) is 0 Å². The van der Waals surface area contributed by atoms with Gasteiger partial charge in [-0.25, -0.2) is 0 Å². The number of phenolic OH excluding ortho intramolecular Hbond substituents is 2. The molecule has 1 aromatic rings. The summed E-state index contributed by atoms with van der Waals surface area (Å²) in [7, 11) is 0. The van der Waals surface area contributed by atoms with E-state index in [9.17, 15) is 15.0 Å². The highest BCUT2D eigenvalue weighted by atomic mass is 79.9. The largest absolute Gasteiger partial charge is 0.504 e. The Morgan fingerprint density at radius 3 is 2.85 bits per heavy atom. The molecule has 1 amide bonds. The standard InChI is InChI=1S/C14H18BrNO4/c1-14(2)8-16(7-9(6-15)20-14)13(19)10-4-3-5-11(17)12(10)18/h3-5,9,17-18H,6-8H2,1-2H3. The van der Waals surface area contributed by atoms with E-state index in [2.05, 4.69) is 15.9 Å². The minimum Gasteiger partial charge on any atom is -0.504 e. The quantitative estimate of drug-likeness (QED) is 0.637. The zero-order valence-electron chi connectivity index (χ0n) is 11.5. The number of halogens is 1. The van der Waals surface area contributed by atoms with Gasteiger partial charge < -0.3 is 19.8 Å². The molecule has 5 nitrogen and oxygen atoms in total. The summed E-state index contributed by atoms with van der Waals surface area (Å²) < 4.78 is 5.84. The highest BCUT2D eigenvalue weighted by Gasteiger charge is 2.36. The summed E-state index contributed by atoms with van der Waals surface area (Å²) in [5.41, 5.74) is -0.338. The first-order valence-electron chi connectivity index (χ1n) is 6.38. The first kappa shape index (κ1) is 15.1. The maximum Gasteiger partial charge on any atom is 0.257 e. The summed E-state index contributed by atoms with van der Waals surface area (Å²) in [4.78, 5) is 14.1. The van der Waals surface area contributed by atoms with Crippen LogP contribution in [0.25, 0.3) is 0 Å². The lowest BCUT2D eigenvalue weighted by molar-refractivity contribution is -0.116. The van der Waals surface area contributed by atoms with Crippen LogP contribution in [0.1, 0.15) is 24.2 Å². The van der Waals surface area contributed by atoms with E-state index in [-0.39, 0.29) is 29.1 Å². The number of para-hydroxylation sites is 1. The molecule has 1 aliphatic rings. The monoisotopic (exact) mass is 343 g/mol. The third-order valence-corrected chi connectivity index (χ3v) is 3.91. The van der Waals surface area contributed by atoms with Crippen LogP contribution in [0.4, 0.5) is 0 Å². The van der Waals surface area contributed by atoms with Crippen molar-refractivity contribution in [2.45, 2.75) is 25.6 Å². The normalized spacial score (nSPS) is 21.8. The minimum absolute atomic E-state index is 0.0952. The Morgan fingerprint density at radius 2 is 2.20 bits per heavy atom. The van der Waals surface area contributed by atoms with Crippen molar-refractivity contribution >= 4 is 21.8 Å².